The maximum Gasteiger partial charge on any atom is 0.472 e. The van der Waals surface area contributed by atoms with E-state index in [0.717, 1.165) is 114 Å². The zero-order chi connectivity index (χ0) is 65.4. The summed E-state index contributed by atoms with van der Waals surface area (Å²) in [5.74, 6) is 0.811. The molecule has 0 radical (unpaired) electrons. The predicted octanol–water partition coefficient (Wildman–Crippen LogP) is 19.3. The molecule has 522 valence electrons. The molecule has 17 nitrogen and oxygen atoms in total. The Morgan fingerprint density at radius 1 is 0.284 bits per heavy atom. The molecule has 0 heterocycles. The van der Waals surface area contributed by atoms with Gasteiger partial charge in [0.25, 0.3) is 0 Å². The third-order valence-electron chi connectivity index (χ3n) is 15.8. The highest BCUT2D eigenvalue weighted by Crippen LogP contribution is 2.45. The van der Waals surface area contributed by atoms with Crippen LogP contribution in [0, 0.1) is 23.7 Å². The lowest BCUT2D eigenvalue weighted by molar-refractivity contribution is -0.161. The number of carbonyl (C=O) groups is 4. The number of hydrogen-bond donors (Lipinski definition) is 3. The standard InChI is InChI=1S/C69H134O17P2/c1-59(2)45-37-29-21-14-11-9-10-12-16-26-35-43-51-68(73)85-65(56-80-67(72)50-42-34-28-20-24-32-40-48-62(7)8)58-84-88(77,78)82-54-63(70)53-81-87(75,76)83-57-64(86-69(74)52-44-36-27-19-18-23-31-39-47-61(5)6)55-79-66(71)49-41-33-25-17-13-15-22-30-38-46-60(3)4/h59-65,70H,9-58H2,1-8H3,(H,75,76)(H,77,78)/t63?,64-,65-/m1/s1. The molecule has 3 N–H and O–H groups in total. The second-order valence-electron chi connectivity index (χ2n) is 26.8. The number of hydrogen-bond acceptors (Lipinski definition) is 15. The summed E-state index contributed by atoms with van der Waals surface area (Å²) >= 11 is 0. The van der Waals surface area contributed by atoms with Gasteiger partial charge in [-0.2, -0.15) is 0 Å². The molecule has 0 saturated heterocycles. The molecule has 0 aromatic rings. The van der Waals surface area contributed by atoms with Gasteiger partial charge in [-0.1, -0.05) is 287 Å². The molecule has 0 bridgehead atoms. The molecule has 0 aromatic carbocycles. The Bertz CT molecular complexity index is 1750. The Labute approximate surface area is 537 Å². The Hall–Kier alpha value is -1.94. The van der Waals surface area contributed by atoms with Crippen molar-refractivity contribution in [2.24, 2.45) is 23.7 Å². The van der Waals surface area contributed by atoms with Gasteiger partial charge >= 0.3 is 39.5 Å². The van der Waals surface area contributed by atoms with Gasteiger partial charge in [0.1, 0.15) is 19.3 Å². The van der Waals surface area contributed by atoms with Crippen molar-refractivity contribution in [1.29, 1.82) is 0 Å². The second kappa shape index (κ2) is 58.8. The fraction of sp³-hybridized carbons (Fsp3) is 0.942. The Kier molecular flexibility index (Phi) is 57.6. The van der Waals surface area contributed by atoms with E-state index < -0.39 is 97.5 Å². The van der Waals surface area contributed by atoms with E-state index in [1.807, 2.05) is 0 Å². The maximum atomic E-state index is 13.0. The molecular weight excluding hydrogens is 1160 g/mol. The van der Waals surface area contributed by atoms with Crippen molar-refractivity contribution < 1.29 is 80.2 Å². The van der Waals surface area contributed by atoms with Crippen LogP contribution in [0.1, 0.15) is 338 Å². The number of esters is 4. The third kappa shape index (κ3) is 62.8. The van der Waals surface area contributed by atoms with E-state index in [0.29, 0.717) is 31.6 Å². The minimum absolute atomic E-state index is 0.103. The summed E-state index contributed by atoms with van der Waals surface area (Å²) in [5.41, 5.74) is 0. The van der Waals surface area contributed by atoms with E-state index in [-0.39, 0.29) is 25.7 Å². The van der Waals surface area contributed by atoms with Crippen molar-refractivity contribution in [2.45, 2.75) is 356 Å². The molecule has 19 heteroatoms. The number of ether oxygens (including phenoxy) is 4. The van der Waals surface area contributed by atoms with Gasteiger partial charge in [-0.15, -0.1) is 0 Å². The average Bonchev–Trinajstić information content (AvgIpc) is 3.62. The first-order valence-corrected chi connectivity index (χ1v) is 38.7. The molecular formula is C69H134O17P2. The highest BCUT2D eigenvalue weighted by Gasteiger charge is 2.30. The molecule has 0 aliphatic rings. The summed E-state index contributed by atoms with van der Waals surface area (Å²) in [5, 5.41) is 10.6. The van der Waals surface area contributed by atoms with Crippen molar-refractivity contribution in [2.75, 3.05) is 39.6 Å². The van der Waals surface area contributed by atoms with Crippen LogP contribution >= 0.6 is 15.6 Å². The first-order chi connectivity index (χ1) is 42.1. The summed E-state index contributed by atoms with van der Waals surface area (Å²) in [6, 6.07) is 0. The SMILES string of the molecule is CC(C)CCCCCCCCCCCCCCC(=O)O[C@H](COC(=O)CCCCCCCCCC(C)C)COP(=O)(O)OCC(O)COP(=O)(O)OC[C@@H](COC(=O)CCCCCCCCCCCC(C)C)OC(=O)CCCCCCCCCCC(C)C. The number of rotatable bonds is 66. The smallest absolute Gasteiger partial charge is 0.462 e. The summed E-state index contributed by atoms with van der Waals surface area (Å²) in [6.45, 7) is 14.0. The van der Waals surface area contributed by atoms with Gasteiger partial charge in [0, 0.05) is 25.7 Å². The van der Waals surface area contributed by atoms with Gasteiger partial charge in [-0.05, 0) is 49.4 Å². The molecule has 0 aliphatic heterocycles. The lowest BCUT2D eigenvalue weighted by atomic mass is 10.0. The van der Waals surface area contributed by atoms with E-state index in [2.05, 4.69) is 55.4 Å². The minimum Gasteiger partial charge on any atom is -0.462 e. The largest absolute Gasteiger partial charge is 0.472 e. The zero-order valence-electron chi connectivity index (χ0n) is 57.3. The summed E-state index contributed by atoms with van der Waals surface area (Å²) in [7, 11) is -9.90. The van der Waals surface area contributed by atoms with Crippen LogP contribution in [-0.4, -0.2) is 96.7 Å². The number of aliphatic hydroxyl groups is 1. The summed E-state index contributed by atoms with van der Waals surface area (Å²) < 4.78 is 68.2. The molecule has 0 amide bonds. The normalized spacial score (nSPS) is 14.3. The Morgan fingerprint density at radius 2 is 0.477 bits per heavy atom. The van der Waals surface area contributed by atoms with Gasteiger partial charge in [0.15, 0.2) is 12.2 Å². The molecule has 0 spiro atoms. The molecule has 0 aliphatic carbocycles. The second-order valence-corrected chi connectivity index (χ2v) is 29.7. The molecule has 3 unspecified atom stereocenters. The summed E-state index contributed by atoms with van der Waals surface area (Å²) in [4.78, 5) is 72.5. The van der Waals surface area contributed by atoms with E-state index in [1.54, 1.807) is 0 Å². The zero-order valence-corrected chi connectivity index (χ0v) is 59.1. The monoisotopic (exact) mass is 1300 g/mol. The van der Waals surface area contributed by atoms with Gasteiger partial charge in [-0.3, -0.25) is 37.3 Å². The van der Waals surface area contributed by atoms with Gasteiger partial charge < -0.3 is 33.8 Å². The molecule has 0 fully saturated rings. The number of unbranched alkanes of at least 4 members (excludes halogenated alkanes) is 32. The highest BCUT2D eigenvalue weighted by molar-refractivity contribution is 7.47. The minimum atomic E-state index is -4.95. The van der Waals surface area contributed by atoms with Crippen molar-refractivity contribution in [1.82, 2.24) is 0 Å². The van der Waals surface area contributed by atoms with Crippen LogP contribution in [0.5, 0.6) is 0 Å². The molecule has 0 saturated carbocycles. The lowest BCUT2D eigenvalue weighted by Gasteiger charge is -2.21. The van der Waals surface area contributed by atoms with Crippen molar-refractivity contribution >= 4 is 39.5 Å². The number of phosphoric acid groups is 2. The lowest BCUT2D eigenvalue weighted by Crippen LogP contribution is -2.30. The van der Waals surface area contributed by atoms with Crippen LogP contribution in [-0.2, 0) is 65.4 Å². The summed E-state index contributed by atoms with van der Waals surface area (Å²) in [6.07, 6.45) is 40.4. The quantitative estimate of drug-likeness (QED) is 0.0222. The molecule has 88 heavy (non-hydrogen) atoms. The van der Waals surface area contributed by atoms with E-state index in [4.69, 9.17) is 37.0 Å². The molecule has 5 atom stereocenters. The van der Waals surface area contributed by atoms with Crippen LogP contribution in [0.3, 0.4) is 0 Å². The Balaban J connectivity index is 5.25. The number of aliphatic hydroxyl groups excluding tert-OH is 1. The number of phosphoric ester groups is 2. The van der Waals surface area contributed by atoms with Gasteiger partial charge in [0.2, 0.25) is 0 Å². The fourth-order valence-corrected chi connectivity index (χ4v) is 11.9. The van der Waals surface area contributed by atoms with Crippen molar-refractivity contribution in [3.8, 4) is 0 Å². The molecule has 0 aromatic heterocycles. The van der Waals surface area contributed by atoms with E-state index >= 15 is 0 Å². The van der Waals surface area contributed by atoms with E-state index in [1.165, 1.54) is 135 Å². The van der Waals surface area contributed by atoms with Gasteiger partial charge in [0.05, 0.1) is 26.4 Å². The van der Waals surface area contributed by atoms with Crippen LogP contribution in [0.15, 0.2) is 0 Å². The van der Waals surface area contributed by atoms with Crippen molar-refractivity contribution in [3.63, 3.8) is 0 Å². The van der Waals surface area contributed by atoms with Gasteiger partial charge in [-0.25, -0.2) is 9.13 Å². The van der Waals surface area contributed by atoms with Crippen LogP contribution in [0.25, 0.3) is 0 Å². The maximum absolute atomic E-state index is 13.0. The third-order valence-corrected chi connectivity index (χ3v) is 17.7. The van der Waals surface area contributed by atoms with Crippen LogP contribution in [0.4, 0.5) is 0 Å². The number of carbonyl (C=O) groups excluding carboxylic acids is 4. The first-order valence-electron chi connectivity index (χ1n) is 35.7. The highest BCUT2D eigenvalue weighted by atomic mass is 31.2. The fourth-order valence-electron chi connectivity index (χ4n) is 10.3. The van der Waals surface area contributed by atoms with Crippen LogP contribution < -0.4 is 0 Å². The predicted molar refractivity (Wildman–Crippen MR) is 354 cm³/mol. The average molecular weight is 1300 g/mol. The Morgan fingerprint density at radius 3 is 0.705 bits per heavy atom. The van der Waals surface area contributed by atoms with Crippen molar-refractivity contribution in [3.05, 3.63) is 0 Å². The van der Waals surface area contributed by atoms with Crippen LogP contribution in [0.2, 0.25) is 0 Å². The topological polar surface area (TPSA) is 237 Å². The molecule has 0 rings (SSSR count). The van der Waals surface area contributed by atoms with E-state index in [9.17, 15) is 43.2 Å². The first kappa shape index (κ1) is 86.1.